The van der Waals surface area contributed by atoms with Crippen LogP contribution in [0.15, 0.2) is 53.1 Å². The molecule has 2 aromatic carbocycles. The first-order valence-electron chi connectivity index (χ1n) is 9.06. The Hall–Kier alpha value is -3.35. The zero-order valence-corrected chi connectivity index (χ0v) is 16.3. The van der Waals surface area contributed by atoms with Crippen molar-refractivity contribution in [3.63, 3.8) is 0 Å². The van der Waals surface area contributed by atoms with Crippen molar-refractivity contribution < 1.29 is 18.8 Å². The molecule has 146 valence electrons. The Morgan fingerprint density at radius 3 is 2.11 bits per heavy atom. The van der Waals surface area contributed by atoms with Crippen LogP contribution in [0.25, 0.3) is 11.4 Å². The molecule has 0 spiro atoms. The Morgan fingerprint density at radius 1 is 0.964 bits per heavy atom. The minimum absolute atomic E-state index is 0.131. The van der Waals surface area contributed by atoms with Gasteiger partial charge in [0, 0.05) is 12.5 Å². The van der Waals surface area contributed by atoms with Gasteiger partial charge in [-0.05, 0) is 69.3 Å². The van der Waals surface area contributed by atoms with E-state index >= 15 is 0 Å². The van der Waals surface area contributed by atoms with Gasteiger partial charge in [-0.15, -0.1) is 0 Å². The summed E-state index contributed by atoms with van der Waals surface area (Å²) in [7, 11) is 0. The number of hydrogen-bond donors (Lipinski definition) is 1. The highest BCUT2D eigenvalue weighted by atomic mass is 16.5. The zero-order valence-electron chi connectivity index (χ0n) is 16.3. The normalized spacial score (nSPS) is 11.9. The minimum Gasteiger partial charge on any atom is -0.491 e. The number of rotatable bonds is 7. The van der Waals surface area contributed by atoms with E-state index in [2.05, 4.69) is 15.5 Å². The van der Waals surface area contributed by atoms with Crippen LogP contribution in [0.2, 0.25) is 0 Å². The highest BCUT2D eigenvalue weighted by molar-refractivity contribution is 5.73. The Bertz CT molecular complexity index is 918. The quantitative estimate of drug-likeness (QED) is 0.648. The van der Waals surface area contributed by atoms with Gasteiger partial charge >= 0.3 is 0 Å². The molecule has 1 aromatic heterocycles. The van der Waals surface area contributed by atoms with Crippen molar-refractivity contribution in [2.24, 2.45) is 0 Å². The fraction of sp³-hybridized carbons (Fsp3) is 0.286. The van der Waals surface area contributed by atoms with Gasteiger partial charge in [0.2, 0.25) is 17.6 Å². The summed E-state index contributed by atoms with van der Waals surface area (Å²) in [5, 5.41) is 6.68. The molecule has 1 unspecified atom stereocenters. The van der Waals surface area contributed by atoms with Gasteiger partial charge in [0.15, 0.2) is 0 Å². The molecular weight excluding hydrogens is 358 g/mol. The summed E-state index contributed by atoms with van der Waals surface area (Å²) in [5.74, 6) is 2.87. The van der Waals surface area contributed by atoms with Crippen molar-refractivity contribution >= 4 is 5.91 Å². The average Bonchev–Trinajstić information content (AvgIpc) is 3.13. The predicted molar refractivity (Wildman–Crippen MR) is 104 cm³/mol. The standard InChI is InChI=1S/C21H23N3O4/c1-13(2)26-17-9-11-19(12-10-17)27-18-7-5-16(6-8-18)20-23-21(28-24-20)14(3)22-15(4)25/h5-14H,1-4H3,(H,22,25). The summed E-state index contributed by atoms with van der Waals surface area (Å²) >= 11 is 0. The molecule has 0 saturated heterocycles. The van der Waals surface area contributed by atoms with E-state index < -0.39 is 0 Å². The third-order valence-corrected chi connectivity index (χ3v) is 3.78. The maximum Gasteiger partial charge on any atom is 0.249 e. The molecule has 0 aliphatic heterocycles. The molecule has 0 radical (unpaired) electrons. The number of nitrogens with one attached hydrogen (secondary N) is 1. The first-order valence-corrected chi connectivity index (χ1v) is 9.06. The molecule has 1 atom stereocenters. The molecule has 7 nitrogen and oxygen atoms in total. The van der Waals surface area contributed by atoms with Crippen molar-refractivity contribution in [3.05, 3.63) is 54.4 Å². The summed E-state index contributed by atoms with van der Waals surface area (Å²) in [6.45, 7) is 7.20. The van der Waals surface area contributed by atoms with Crippen LogP contribution in [-0.4, -0.2) is 22.2 Å². The van der Waals surface area contributed by atoms with E-state index in [1.165, 1.54) is 6.92 Å². The SMILES string of the molecule is CC(=O)NC(C)c1nc(-c2ccc(Oc3ccc(OC(C)C)cc3)cc2)no1. The van der Waals surface area contributed by atoms with Crippen LogP contribution in [0.3, 0.4) is 0 Å². The summed E-state index contributed by atoms with van der Waals surface area (Å²) in [4.78, 5) is 15.5. The molecule has 28 heavy (non-hydrogen) atoms. The van der Waals surface area contributed by atoms with Crippen LogP contribution in [0.5, 0.6) is 17.2 Å². The van der Waals surface area contributed by atoms with Crippen molar-refractivity contribution in [3.8, 4) is 28.6 Å². The summed E-state index contributed by atoms with van der Waals surface area (Å²) in [6, 6.07) is 14.5. The average molecular weight is 381 g/mol. The fourth-order valence-electron chi connectivity index (χ4n) is 2.56. The molecular formula is C21H23N3O4. The van der Waals surface area contributed by atoms with Crippen molar-refractivity contribution in [2.45, 2.75) is 39.8 Å². The summed E-state index contributed by atoms with van der Waals surface area (Å²) in [6.07, 6.45) is 0.131. The molecule has 0 bridgehead atoms. The van der Waals surface area contributed by atoms with Gasteiger partial charge in [-0.25, -0.2) is 0 Å². The molecule has 0 aliphatic rings. The number of ether oxygens (including phenoxy) is 2. The first kappa shape index (κ1) is 19.4. The van der Waals surface area contributed by atoms with Crippen LogP contribution in [0.1, 0.15) is 39.6 Å². The first-order chi connectivity index (χ1) is 13.4. The van der Waals surface area contributed by atoms with E-state index in [4.69, 9.17) is 14.0 Å². The largest absolute Gasteiger partial charge is 0.491 e. The smallest absolute Gasteiger partial charge is 0.249 e. The monoisotopic (exact) mass is 381 g/mol. The Kier molecular flexibility index (Phi) is 5.93. The zero-order chi connectivity index (χ0) is 20.1. The van der Waals surface area contributed by atoms with E-state index in [9.17, 15) is 4.79 Å². The van der Waals surface area contributed by atoms with E-state index in [-0.39, 0.29) is 18.1 Å². The molecule has 1 heterocycles. The van der Waals surface area contributed by atoms with E-state index in [1.807, 2.05) is 62.4 Å². The van der Waals surface area contributed by atoms with Crippen LogP contribution < -0.4 is 14.8 Å². The summed E-state index contributed by atoms with van der Waals surface area (Å²) in [5.41, 5.74) is 0.790. The maximum atomic E-state index is 11.1. The van der Waals surface area contributed by atoms with E-state index in [0.717, 1.165) is 17.1 Å². The van der Waals surface area contributed by atoms with Gasteiger partial charge in [-0.3, -0.25) is 4.79 Å². The third-order valence-electron chi connectivity index (χ3n) is 3.78. The maximum absolute atomic E-state index is 11.1. The van der Waals surface area contributed by atoms with Crippen molar-refractivity contribution in [1.29, 1.82) is 0 Å². The lowest BCUT2D eigenvalue weighted by molar-refractivity contribution is -0.119. The fourth-order valence-corrected chi connectivity index (χ4v) is 2.56. The summed E-state index contributed by atoms with van der Waals surface area (Å²) < 4.78 is 16.7. The van der Waals surface area contributed by atoms with E-state index in [0.29, 0.717) is 17.5 Å². The van der Waals surface area contributed by atoms with Gasteiger partial charge in [-0.2, -0.15) is 4.98 Å². The lowest BCUT2D eigenvalue weighted by atomic mass is 10.2. The molecule has 0 fully saturated rings. The van der Waals surface area contributed by atoms with Gasteiger partial charge in [0.25, 0.3) is 0 Å². The topological polar surface area (TPSA) is 86.5 Å². The van der Waals surface area contributed by atoms with Gasteiger partial charge in [0.05, 0.1) is 6.10 Å². The number of amides is 1. The molecule has 3 aromatic rings. The van der Waals surface area contributed by atoms with Crippen LogP contribution in [-0.2, 0) is 4.79 Å². The Morgan fingerprint density at radius 2 is 1.54 bits per heavy atom. The molecule has 3 rings (SSSR count). The van der Waals surface area contributed by atoms with Crippen molar-refractivity contribution in [1.82, 2.24) is 15.5 Å². The van der Waals surface area contributed by atoms with E-state index in [1.54, 1.807) is 6.92 Å². The lowest BCUT2D eigenvalue weighted by Gasteiger charge is -2.10. The predicted octanol–water partition coefficient (Wildman–Crippen LogP) is 4.51. The van der Waals surface area contributed by atoms with Gasteiger partial charge in [-0.1, -0.05) is 5.16 Å². The van der Waals surface area contributed by atoms with Crippen LogP contribution in [0.4, 0.5) is 0 Å². The molecule has 0 saturated carbocycles. The van der Waals surface area contributed by atoms with Crippen LogP contribution >= 0.6 is 0 Å². The highest BCUT2D eigenvalue weighted by Crippen LogP contribution is 2.27. The number of carbonyl (C=O) groups excluding carboxylic acids is 1. The number of carbonyl (C=O) groups is 1. The number of hydrogen-bond acceptors (Lipinski definition) is 6. The molecule has 1 amide bonds. The Labute approximate surface area is 163 Å². The molecule has 1 N–H and O–H groups in total. The van der Waals surface area contributed by atoms with Crippen LogP contribution in [0, 0.1) is 0 Å². The number of nitrogens with zero attached hydrogens (tertiary/aromatic N) is 2. The van der Waals surface area contributed by atoms with Gasteiger partial charge in [0.1, 0.15) is 23.3 Å². The lowest BCUT2D eigenvalue weighted by Crippen LogP contribution is -2.23. The number of aromatic nitrogens is 2. The highest BCUT2D eigenvalue weighted by Gasteiger charge is 2.16. The molecule has 0 aliphatic carbocycles. The second kappa shape index (κ2) is 8.56. The van der Waals surface area contributed by atoms with Crippen molar-refractivity contribution in [2.75, 3.05) is 0 Å². The van der Waals surface area contributed by atoms with Gasteiger partial charge < -0.3 is 19.3 Å². The third kappa shape index (κ3) is 5.09. The number of benzene rings is 2. The second-order valence-corrected chi connectivity index (χ2v) is 6.64. The molecule has 7 heteroatoms. The Balaban J connectivity index is 1.65. The second-order valence-electron chi connectivity index (χ2n) is 6.64. The minimum atomic E-state index is -0.344.